The molecule has 11 heavy (non-hydrogen) atoms. The third kappa shape index (κ3) is 3.37. The van der Waals surface area contributed by atoms with E-state index in [2.05, 4.69) is 0 Å². The Morgan fingerprint density at radius 1 is 1.27 bits per heavy atom. The molecule has 3 heteroatoms. The number of esters is 1. The van der Waals surface area contributed by atoms with Gasteiger partial charge in [0.1, 0.15) is 0 Å². The van der Waals surface area contributed by atoms with Crippen LogP contribution >= 0.6 is 0 Å². The van der Waals surface area contributed by atoms with Gasteiger partial charge in [0.25, 0.3) is 0 Å². The van der Waals surface area contributed by atoms with Crippen molar-refractivity contribution in [3.63, 3.8) is 0 Å². The quantitative estimate of drug-likeness (QED) is 0.582. The smallest absolute Gasteiger partial charge is 0.337 e. The molecule has 0 saturated carbocycles. The summed E-state index contributed by atoms with van der Waals surface area (Å²) in [7, 11) is 0. The summed E-state index contributed by atoms with van der Waals surface area (Å²) in [5.41, 5.74) is -0.801. The molecular weight excluding hydrogens is 144 g/mol. The molecule has 0 amide bonds. The predicted molar refractivity (Wildman–Crippen MR) is 42.3 cm³/mol. The van der Waals surface area contributed by atoms with Gasteiger partial charge in [-0.3, -0.25) is 0 Å². The van der Waals surface area contributed by atoms with Crippen molar-refractivity contribution in [3.8, 4) is 0 Å². The lowest BCUT2D eigenvalue weighted by molar-refractivity contribution is -0.167. The average Bonchev–Trinajstić information content (AvgIpc) is 1.88. The first-order valence-electron chi connectivity index (χ1n) is 3.85. The summed E-state index contributed by atoms with van der Waals surface area (Å²) in [4.78, 5) is 11.1. The van der Waals surface area contributed by atoms with Gasteiger partial charge in [0, 0.05) is 6.61 Å². The fourth-order valence-electron chi connectivity index (χ4n) is 0.725. The summed E-state index contributed by atoms with van der Waals surface area (Å²) >= 11 is 0. The van der Waals surface area contributed by atoms with E-state index in [1.807, 2.05) is 6.92 Å². The van der Waals surface area contributed by atoms with Gasteiger partial charge >= 0.3 is 5.97 Å². The Morgan fingerprint density at radius 3 is 2.18 bits per heavy atom. The lowest BCUT2D eigenvalue weighted by Gasteiger charge is -2.21. The maximum Gasteiger partial charge on any atom is 0.337 e. The molecule has 0 aliphatic heterocycles. The molecule has 0 radical (unpaired) electrons. The number of hydrogen-bond acceptors (Lipinski definition) is 3. The van der Waals surface area contributed by atoms with Crippen molar-refractivity contribution in [2.45, 2.75) is 33.3 Å². The van der Waals surface area contributed by atoms with Crippen molar-refractivity contribution in [1.29, 1.82) is 0 Å². The van der Waals surface area contributed by atoms with Crippen LogP contribution < -0.4 is 0 Å². The Balaban J connectivity index is 3.94. The number of rotatable bonds is 4. The van der Waals surface area contributed by atoms with Crippen molar-refractivity contribution in [2.75, 3.05) is 13.2 Å². The normalized spacial score (nSPS) is 11.3. The van der Waals surface area contributed by atoms with Crippen LogP contribution in [0.25, 0.3) is 0 Å². The molecule has 0 unspecified atom stereocenters. The van der Waals surface area contributed by atoms with E-state index >= 15 is 0 Å². The van der Waals surface area contributed by atoms with Crippen LogP contribution in [-0.2, 0) is 14.3 Å². The summed E-state index contributed by atoms with van der Waals surface area (Å²) in [6, 6.07) is 0. The number of carbonyl (C=O) groups excluding carboxylic acids is 1. The van der Waals surface area contributed by atoms with Crippen LogP contribution in [0.1, 0.15) is 27.7 Å². The fraction of sp³-hybridized carbons (Fsp3) is 0.875. The lowest BCUT2D eigenvalue weighted by Crippen LogP contribution is -2.36. The highest BCUT2D eigenvalue weighted by Gasteiger charge is 2.29. The van der Waals surface area contributed by atoms with E-state index in [4.69, 9.17) is 9.47 Å². The first kappa shape index (κ1) is 10.4. The van der Waals surface area contributed by atoms with Crippen molar-refractivity contribution >= 4 is 5.97 Å². The van der Waals surface area contributed by atoms with E-state index in [9.17, 15) is 4.79 Å². The third-order valence-corrected chi connectivity index (χ3v) is 1.27. The Kier molecular flexibility index (Phi) is 4.11. The zero-order chi connectivity index (χ0) is 8.91. The van der Waals surface area contributed by atoms with Gasteiger partial charge in [-0.2, -0.15) is 0 Å². The minimum Gasteiger partial charge on any atom is -0.464 e. The Labute approximate surface area is 67.7 Å². The van der Waals surface area contributed by atoms with E-state index in [0.29, 0.717) is 13.2 Å². The summed E-state index contributed by atoms with van der Waals surface area (Å²) in [5.74, 6) is -0.304. The standard InChI is InChI=1S/C8H16O3/c1-5-10-7(9)8(3,4)11-6-2/h5-6H2,1-4H3. The molecule has 0 rings (SSSR count). The number of carbonyl (C=O) groups is 1. The van der Waals surface area contributed by atoms with Gasteiger partial charge in [0.05, 0.1) is 6.61 Å². The van der Waals surface area contributed by atoms with Gasteiger partial charge in [-0.05, 0) is 27.7 Å². The highest BCUT2D eigenvalue weighted by molar-refractivity contribution is 5.78. The lowest BCUT2D eigenvalue weighted by atomic mass is 10.1. The SMILES string of the molecule is CCOC(=O)C(C)(C)OCC. The molecule has 0 N–H and O–H groups in total. The van der Waals surface area contributed by atoms with E-state index in [1.54, 1.807) is 20.8 Å². The molecule has 0 saturated heterocycles. The van der Waals surface area contributed by atoms with Gasteiger partial charge in [0.15, 0.2) is 5.60 Å². The second-order valence-corrected chi connectivity index (χ2v) is 2.66. The molecule has 0 bridgehead atoms. The van der Waals surface area contributed by atoms with E-state index < -0.39 is 5.60 Å². The Hall–Kier alpha value is -0.570. The van der Waals surface area contributed by atoms with Crippen molar-refractivity contribution in [1.82, 2.24) is 0 Å². The van der Waals surface area contributed by atoms with Crippen molar-refractivity contribution in [2.24, 2.45) is 0 Å². The second-order valence-electron chi connectivity index (χ2n) is 2.66. The molecule has 0 heterocycles. The first-order chi connectivity index (χ1) is 5.04. The molecule has 0 aliphatic rings. The third-order valence-electron chi connectivity index (χ3n) is 1.27. The van der Waals surface area contributed by atoms with Crippen LogP contribution in [-0.4, -0.2) is 24.8 Å². The van der Waals surface area contributed by atoms with Crippen LogP contribution in [0.3, 0.4) is 0 Å². The second kappa shape index (κ2) is 4.34. The maximum atomic E-state index is 11.1. The largest absolute Gasteiger partial charge is 0.464 e. The summed E-state index contributed by atoms with van der Waals surface area (Å²) < 4.78 is 9.96. The van der Waals surface area contributed by atoms with Gasteiger partial charge < -0.3 is 9.47 Å². The molecule has 0 aliphatic carbocycles. The molecule has 66 valence electrons. The predicted octanol–water partition coefficient (Wildman–Crippen LogP) is 1.36. The molecule has 0 aromatic carbocycles. The first-order valence-corrected chi connectivity index (χ1v) is 3.85. The Bertz CT molecular complexity index is 129. The highest BCUT2D eigenvalue weighted by Crippen LogP contribution is 2.10. The van der Waals surface area contributed by atoms with Gasteiger partial charge in [-0.15, -0.1) is 0 Å². The molecule has 0 fully saturated rings. The summed E-state index contributed by atoms with van der Waals surface area (Å²) in [6.07, 6.45) is 0. The topological polar surface area (TPSA) is 35.5 Å². The van der Waals surface area contributed by atoms with Crippen LogP contribution in [0.2, 0.25) is 0 Å². The molecule has 0 spiro atoms. The monoisotopic (exact) mass is 160 g/mol. The molecule has 0 atom stereocenters. The van der Waals surface area contributed by atoms with Crippen molar-refractivity contribution < 1.29 is 14.3 Å². The Morgan fingerprint density at radius 2 is 1.82 bits per heavy atom. The van der Waals surface area contributed by atoms with E-state index in [-0.39, 0.29) is 5.97 Å². The zero-order valence-electron chi connectivity index (χ0n) is 7.64. The van der Waals surface area contributed by atoms with Gasteiger partial charge in [-0.1, -0.05) is 0 Å². The van der Waals surface area contributed by atoms with E-state index in [1.165, 1.54) is 0 Å². The highest BCUT2D eigenvalue weighted by atomic mass is 16.6. The summed E-state index contributed by atoms with van der Waals surface area (Å²) in [6.45, 7) is 7.95. The molecule has 0 aromatic rings. The average molecular weight is 160 g/mol. The van der Waals surface area contributed by atoms with Crippen LogP contribution in [0, 0.1) is 0 Å². The number of ether oxygens (including phenoxy) is 2. The number of hydrogen-bond donors (Lipinski definition) is 0. The van der Waals surface area contributed by atoms with Crippen molar-refractivity contribution in [3.05, 3.63) is 0 Å². The molecule has 0 aromatic heterocycles. The fourth-order valence-corrected chi connectivity index (χ4v) is 0.725. The molecular formula is C8H16O3. The van der Waals surface area contributed by atoms with Gasteiger partial charge in [0.2, 0.25) is 0 Å². The summed E-state index contributed by atoms with van der Waals surface area (Å²) in [5, 5.41) is 0. The van der Waals surface area contributed by atoms with E-state index in [0.717, 1.165) is 0 Å². The van der Waals surface area contributed by atoms with Gasteiger partial charge in [-0.25, -0.2) is 4.79 Å². The molecule has 3 nitrogen and oxygen atoms in total. The minimum absolute atomic E-state index is 0.304. The van der Waals surface area contributed by atoms with Crippen LogP contribution in [0.5, 0.6) is 0 Å². The van der Waals surface area contributed by atoms with Crippen LogP contribution in [0.15, 0.2) is 0 Å². The zero-order valence-corrected chi connectivity index (χ0v) is 7.64. The maximum absolute atomic E-state index is 11.1. The minimum atomic E-state index is -0.801. The van der Waals surface area contributed by atoms with Crippen LogP contribution in [0.4, 0.5) is 0 Å².